The standard InChI is InChI=1S/C14H14N4O3/c1-17(12-2-4-13(5-3-12)18(20)21)14(19)10-6-7-16-11(8-10)9-15/h2-8H,9,15H2,1H3. The van der Waals surface area contributed by atoms with E-state index >= 15 is 0 Å². The van der Waals surface area contributed by atoms with Crippen molar-refractivity contribution in [1.29, 1.82) is 0 Å². The van der Waals surface area contributed by atoms with Crippen LogP contribution in [0.25, 0.3) is 0 Å². The fraction of sp³-hybridized carbons (Fsp3) is 0.143. The SMILES string of the molecule is CN(C(=O)c1ccnc(CN)c1)c1ccc([N+](=O)[O-])cc1. The molecule has 2 N–H and O–H groups in total. The van der Waals surface area contributed by atoms with E-state index in [1.807, 2.05) is 0 Å². The molecule has 0 aliphatic heterocycles. The zero-order chi connectivity index (χ0) is 15.4. The van der Waals surface area contributed by atoms with Gasteiger partial charge in [-0.05, 0) is 24.3 Å². The lowest BCUT2D eigenvalue weighted by Crippen LogP contribution is -2.26. The number of hydrogen-bond donors (Lipinski definition) is 1. The van der Waals surface area contributed by atoms with Crippen LogP contribution < -0.4 is 10.6 Å². The molecule has 0 atom stereocenters. The molecule has 2 rings (SSSR count). The molecule has 1 aromatic heterocycles. The lowest BCUT2D eigenvalue weighted by molar-refractivity contribution is -0.384. The Labute approximate surface area is 121 Å². The molecule has 0 saturated carbocycles. The van der Waals surface area contributed by atoms with Gasteiger partial charge in [0.25, 0.3) is 11.6 Å². The Balaban J connectivity index is 2.23. The molecule has 0 fully saturated rings. The predicted octanol–water partition coefficient (Wildman–Crippen LogP) is 1.73. The third-order valence-corrected chi connectivity index (χ3v) is 3.03. The zero-order valence-electron chi connectivity index (χ0n) is 11.4. The van der Waals surface area contributed by atoms with Gasteiger partial charge in [-0.3, -0.25) is 19.9 Å². The molecule has 2 aromatic rings. The van der Waals surface area contributed by atoms with Crippen LogP contribution >= 0.6 is 0 Å². The normalized spacial score (nSPS) is 10.2. The van der Waals surface area contributed by atoms with Gasteiger partial charge in [-0.15, -0.1) is 0 Å². The van der Waals surface area contributed by atoms with E-state index < -0.39 is 4.92 Å². The first-order chi connectivity index (χ1) is 10.0. The summed E-state index contributed by atoms with van der Waals surface area (Å²) in [4.78, 5) is 27.9. The number of nitro groups is 1. The molecule has 0 bridgehead atoms. The third-order valence-electron chi connectivity index (χ3n) is 3.03. The molecule has 0 aliphatic rings. The average molecular weight is 286 g/mol. The summed E-state index contributed by atoms with van der Waals surface area (Å²) >= 11 is 0. The molecular weight excluding hydrogens is 272 g/mol. The number of carbonyl (C=O) groups excluding carboxylic acids is 1. The van der Waals surface area contributed by atoms with Crippen LogP contribution in [0, 0.1) is 10.1 Å². The monoisotopic (exact) mass is 286 g/mol. The first-order valence-corrected chi connectivity index (χ1v) is 6.20. The molecule has 108 valence electrons. The Morgan fingerprint density at radius 3 is 2.57 bits per heavy atom. The molecular formula is C14H14N4O3. The molecule has 0 unspecified atom stereocenters. The highest BCUT2D eigenvalue weighted by Gasteiger charge is 2.15. The van der Waals surface area contributed by atoms with Crippen molar-refractivity contribution in [3.8, 4) is 0 Å². The van der Waals surface area contributed by atoms with Gasteiger partial charge in [0.1, 0.15) is 0 Å². The molecule has 0 saturated heterocycles. The summed E-state index contributed by atoms with van der Waals surface area (Å²) in [5, 5.41) is 10.6. The molecule has 1 heterocycles. The number of benzene rings is 1. The molecule has 7 nitrogen and oxygen atoms in total. The summed E-state index contributed by atoms with van der Waals surface area (Å²) in [6.45, 7) is 0.252. The van der Waals surface area contributed by atoms with Gasteiger partial charge >= 0.3 is 0 Å². The fourth-order valence-electron chi connectivity index (χ4n) is 1.83. The van der Waals surface area contributed by atoms with Crippen molar-refractivity contribution in [2.75, 3.05) is 11.9 Å². The van der Waals surface area contributed by atoms with E-state index in [4.69, 9.17) is 5.73 Å². The minimum absolute atomic E-state index is 0.0195. The number of pyridine rings is 1. The minimum atomic E-state index is -0.484. The number of amides is 1. The number of nitro benzene ring substituents is 1. The molecule has 1 aromatic carbocycles. The van der Waals surface area contributed by atoms with Crippen molar-refractivity contribution in [2.45, 2.75) is 6.54 Å². The van der Waals surface area contributed by atoms with Crippen molar-refractivity contribution in [3.05, 3.63) is 64.0 Å². The van der Waals surface area contributed by atoms with Crippen molar-refractivity contribution in [3.63, 3.8) is 0 Å². The van der Waals surface area contributed by atoms with E-state index in [0.29, 0.717) is 16.9 Å². The second-order valence-electron chi connectivity index (χ2n) is 4.38. The summed E-state index contributed by atoms with van der Waals surface area (Å²) in [6, 6.07) is 9.00. The maximum atomic E-state index is 12.4. The van der Waals surface area contributed by atoms with Gasteiger partial charge in [-0.1, -0.05) is 0 Å². The number of hydrogen-bond acceptors (Lipinski definition) is 5. The first-order valence-electron chi connectivity index (χ1n) is 6.20. The molecule has 0 aliphatic carbocycles. The highest BCUT2D eigenvalue weighted by molar-refractivity contribution is 6.05. The van der Waals surface area contributed by atoms with E-state index in [1.54, 1.807) is 19.2 Å². The van der Waals surface area contributed by atoms with Crippen molar-refractivity contribution >= 4 is 17.3 Å². The summed E-state index contributed by atoms with van der Waals surface area (Å²) < 4.78 is 0. The van der Waals surface area contributed by atoms with Crippen molar-refractivity contribution in [2.24, 2.45) is 5.73 Å². The number of carbonyl (C=O) groups is 1. The average Bonchev–Trinajstić information content (AvgIpc) is 2.53. The maximum absolute atomic E-state index is 12.4. The largest absolute Gasteiger partial charge is 0.325 e. The number of anilines is 1. The number of aromatic nitrogens is 1. The summed E-state index contributed by atoms with van der Waals surface area (Å²) in [5.74, 6) is -0.235. The van der Waals surface area contributed by atoms with Crippen LogP contribution in [0.4, 0.5) is 11.4 Å². The van der Waals surface area contributed by atoms with Crippen LogP contribution in [0.2, 0.25) is 0 Å². The third kappa shape index (κ3) is 3.21. The second-order valence-corrected chi connectivity index (χ2v) is 4.38. The Hall–Kier alpha value is -2.80. The van der Waals surface area contributed by atoms with E-state index in [2.05, 4.69) is 4.98 Å². The molecule has 21 heavy (non-hydrogen) atoms. The molecule has 1 amide bonds. The van der Waals surface area contributed by atoms with Crippen LogP contribution in [-0.2, 0) is 6.54 Å². The van der Waals surface area contributed by atoms with Crippen LogP contribution in [0.3, 0.4) is 0 Å². The second kappa shape index (κ2) is 6.10. The maximum Gasteiger partial charge on any atom is 0.269 e. The van der Waals surface area contributed by atoms with E-state index in [0.717, 1.165) is 0 Å². The van der Waals surface area contributed by atoms with Gasteiger partial charge in [0.05, 0.1) is 10.6 Å². The van der Waals surface area contributed by atoms with Crippen LogP contribution in [0.15, 0.2) is 42.6 Å². The Morgan fingerprint density at radius 1 is 1.33 bits per heavy atom. The molecule has 0 radical (unpaired) electrons. The van der Waals surface area contributed by atoms with E-state index in [1.165, 1.54) is 35.4 Å². The predicted molar refractivity (Wildman–Crippen MR) is 78.0 cm³/mol. The number of nitrogens with two attached hydrogens (primary N) is 1. The number of non-ortho nitro benzene ring substituents is 1. The quantitative estimate of drug-likeness (QED) is 0.681. The zero-order valence-corrected chi connectivity index (χ0v) is 11.4. The Morgan fingerprint density at radius 2 is 2.00 bits per heavy atom. The van der Waals surface area contributed by atoms with Crippen LogP contribution in [0.5, 0.6) is 0 Å². The summed E-state index contributed by atoms with van der Waals surface area (Å²) in [5.41, 5.74) is 7.13. The van der Waals surface area contributed by atoms with Crippen LogP contribution in [-0.4, -0.2) is 22.9 Å². The van der Waals surface area contributed by atoms with Gasteiger partial charge in [-0.25, -0.2) is 0 Å². The molecule has 7 heteroatoms. The van der Waals surface area contributed by atoms with E-state index in [-0.39, 0.29) is 18.1 Å². The molecule has 0 spiro atoms. The fourth-order valence-corrected chi connectivity index (χ4v) is 1.83. The van der Waals surface area contributed by atoms with Crippen LogP contribution in [0.1, 0.15) is 16.1 Å². The first kappa shape index (κ1) is 14.6. The lowest BCUT2D eigenvalue weighted by Gasteiger charge is -2.17. The summed E-state index contributed by atoms with van der Waals surface area (Å²) in [6.07, 6.45) is 1.53. The highest BCUT2D eigenvalue weighted by atomic mass is 16.6. The van der Waals surface area contributed by atoms with Gasteiger partial charge in [0.15, 0.2) is 0 Å². The van der Waals surface area contributed by atoms with Crippen molar-refractivity contribution in [1.82, 2.24) is 4.98 Å². The Kier molecular flexibility index (Phi) is 4.24. The Bertz CT molecular complexity index is 670. The van der Waals surface area contributed by atoms with Gasteiger partial charge < -0.3 is 10.6 Å². The topological polar surface area (TPSA) is 102 Å². The lowest BCUT2D eigenvalue weighted by atomic mass is 10.2. The minimum Gasteiger partial charge on any atom is -0.325 e. The smallest absolute Gasteiger partial charge is 0.269 e. The van der Waals surface area contributed by atoms with E-state index in [9.17, 15) is 14.9 Å². The summed E-state index contributed by atoms with van der Waals surface area (Å²) in [7, 11) is 1.60. The van der Waals surface area contributed by atoms with Gasteiger partial charge in [0, 0.05) is 43.2 Å². The highest BCUT2D eigenvalue weighted by Crippen LogP contribution is 2.20. The number of nitrogens with zero attached hydrogens (tertiary/aromatic N) is 3. The van der Waals surface area contributed by atoms with Crippen molar-refractivity contribution < 1.29 is 9.72 Å². The number of rotatable bonds is 4. The van der Waals surface area contributed by atoms with Gasteiger partial charge in [-0.2, -0.15) is 0 Å². The van der Waals surface area contributed by atoms with Gasteiger partial charge in [0.2, 0.25) is 0 Å².